The third kappa shape index (κ3) is 4.07. The Balaban J connectivity index is 2.01. The maximum atomic E-state index is 12.0. The van der Waals surface area contributed by atoms with Gasteiger partial charge in [0.1, 0.15) is 0 Å². The summed E-state index contributed by atoms with van der Waals surface area (Å²) in [6, 6.07) is 6.19. The Morgan fingerprint density at radius 3 is 2.81 bits per heavy atom. The number of carbonyl (C=O) groups is 2. The number of anilines is 1. The van der Waals surface area contributed by atoms with Crippen LogP contribution in [0.4, 0.5) is 10.5 Å². The van der Waals surface area contributed by atoms with Gasteiger partial charge in [-0.05, 0) is 18.6 Å². The van der Waals surface area contributed by atoms with Crippen molar-refractivity contribution >= 4 is 17.7 Å². The number of para-hydroxylation sites is 1. The van der Waals surface area contributed by atoms with Crippen LogP contribution in [0.2, 0.25) is 0 Å². The van der Waals surface area contributed by atoms with Gasteiger partial charge in [-0.15, -0.1) is 0 Å². The fourth-order valence-electron chi connectivity index (χ4n) is 1.90. The number of carboxylic acids is 1. The Bertz CT molecular complexity index is 625. The van der Waals surface area contributed by atoms with Crippen LogP contribution in [-0.2, 0) is 11.2 Å². The molecule has 21 heavy (non-hydrogen) atoms. The first-order valence-corrected chi connectivity index (χ1v) is 6.42. The van der Waals surface area contributed by atoms with Crippen LogP contribution < -0.4 is 10.6 Å². The van der Waals surface area contributed by atoms with Gasteiger partial charge in [0.15, 0.2) is 0 Å². The summed E-state index contributed by atoms with van der Waals surface area (Å²) < 4.78 is 0. The van der Waals surface area contributed by atoms with E-state index in [1.165, 1.54) is 0 Å². The van der Waals surface area contributed by atoms with E-state index in [1.807, 2.05) is 6.92 Å². The second-order valence-electron chi connectivity index (χ2n) is 4.58. The molecule has 0 fully saturated rings. The van der Waals surface area contributed by atoms with Crippen LogP contribution in [0.5, 0.6) is 0 Å². The molecule has 0 aliphatic carbocycles. The maximum Gasteiger partial charge on any atom is 0.319 e. The highest BCUT2D eigenvalue weighted by Crippen LogP contribution is 2.16. The fourth-order valence-corrected chi connectivity index (χ4v) is 1.90. The van der Waals surface area contributed by atoms with E-state index in [4.69, 9.17) is 5.11 Å². The zero-order chi connectivity index (χ0) is 15.2. The van der Waals surface area contributed by atoms with Crippen LogP contribution in [0, 0.1) is 0 Å². The molecule has 0 aliphatic rings. The minimum Gasteiger partial charge on any atom is -0.481 e. The maximum absolute atomic E-state index is 12.0. The number of amides is 2. The number of nitrogens with zero attached hydrogens (tertiary/aromatic N) is 1. The molecule has 1 unspecified atom stereocenters. The van der Waals surface area contributed by atoms with Gasteiger partial charge in [0.2, 0.25) is 0 Å². The summed E-state index contributed by atoms with van der Waals surface area (Å²) in [6.45, 7) is 1.83. The van der Waals surface area contributed by atoms with Gasteiger partial charge in [-0.1, -0.05) is 18.2 Å². The lowest BCUT2D eigenvalue weighted by atomic mass is 10.1. The predicted octanol–water partition coefficient (Wildman–Crippen LogP) is 1.92. The summed E-state index contributed by atoms with van der Waals surface area (Å²) in [4.78, 5) is 22.8. The van der Waals surface area contributed by atoms with Crippen molar-refractivity contribution in [3.8, 4) is 0 Å². The van der Waals surface area contributed by atoms with Crippen molar-refractivity contribution in [2.45, 2.75) is 19.4 Å². The summed E-state index contributed by atoms with van der Waals surface area (Å²) >= 11 is 0. The van der Waals surface area contributed by atoms with Gasteiger partial charge in [-0.2, -0.15) is 5.10 Å². The first-order chi connectivity index (χ1) is 10.1. The molecule has 0 radical (unpaired) electrons. The van der Waals surface area contributed by atoms with E-state index in [9.17, 15) is 9.59 Å². The van der Waals surface area contributed by atoms with Gasteiger partial charge in [-0.25, -0.2) is 4.79 Å². The lowest BCUT2D eigenvalue weighted by Crippen LogP contribution is -2.31. The Hall–Kier alpha value is -2.83. The number of aromatic amines is 1. The summed E-state index contributed by atoms with van der Waals surface area (Å²) in [5.74, 6) is -0.948. The number of benzene rings is 1. The molecule has 1 aromatic carbocycles. The normalized spacial score (nSPS) is 11.7. The van der Waals surface area contributed by atoms with Crippen molar-refractivity contribution in [1.29, 1.82) is 0 Å². The van der Waals surface area contributed by atoms with E-state index in [0.717, 1.165) is 5.56 Å². The van der Waals surface area contributed by atoms with Gasteiger partial charge >= 0.3 is 12.0 Å². The molecule has 2 aromatic rings. The molecule has 1 aromatic heterocycles. The van der Waals surface area contributed by atoms with Crippen molar-refractivity contribution in [2.75, 3.05) is 5.32 Å². The highest BCUT2D eigenvalue weighted by atomic mass is 16.4. The summed E-state index contributed by atoms with van der Waals surface area (Å²) in [7, 11) is 0. The Morgan fingerprint density at radius 1 is 1.38 bits per heavy atom. The molecule has 0 spiro atoms. The zero-order valence-electron chi connectivity index (χ0n) is 11.5. The lowest BCUT2D eigenvalue weighted by Gasteiger charge is -2.14. The molecule has 1 atom stereocenters. The number of hydrogen-bond donors (Lipinski definition) is 4. The molecule has 0 saturated carbocycles. The number of hydrogen-bond acceptors (Lipinski definition) is 3. The standard InChI is InChI=1S/C14H16N4O3/c1-9(11-7-15-16-8-11)17-14(21)18-12-5-3-2-4-10(12)6-13(19)20/h2-5,7-9H,6H2,1H3,(H,15,16)(H,19,20)(H2,17,18,21). The van der Waals surface area contributed by atoms with Gasteiger partial charge in [0, 0.05) is 17.4 Å². The highest BCUT2D eigenvalue weighted by molar-refractivity contribution is 5.91. The smallest absolute Gasteiger partial charge is 0.319 e. The summed E-state index contributed by atoms with van der Waals surface area (Å²) in [5, 5.41) is 20.8. The van der Waals surface area contributed by atoms with Crippen molar-refractivity contribution in [3.63, 3.8) is 0 Å². The number of carbonyl (C=O) groups excluding carboxylic acids is 1. The van der Waals surface area contributed by atoms with Gasteiger partial charge in [0.05, 0.1) is 18.7 Å². The number of rotatable bonds is 5. The third-order valence-corrected chi connectivity index (χ3v) is 2.97. The van der Waals surface area contributed by atoms with E-state index >= 15 is 0 Å². The van der Waals surface area contributed by atoms with Crippen LogP contribution in [0.15, 0.2) is 36.7 Å². The van der Waals surface area contributed by atoms with Crippen LogP contribution >= 0.6 is 0 Å². The number of aromatic nitrogens is 2. The molecule has 4 N–H and O–H groups in total. The number of nitrogens with one attached hydrogen (secondary N) is 3. The number of H-pyrrole nitrogens is 1. The van der Waals surface area contributed by atoms with Gasteiger partial charge < -0.3 is 15.7 Å². The topological polar surface area (TPSA) is 107 Å². The SMILES string of the molecule is CC(NC(=O)Nc1ccccc1CC(=O)O)c1cn[nH]c1. The van der Waals surface area contributed by atoms with E-state index < -0.39 is 12.0 Å². The van der Waals surface area contributed by atoms with Crippen LogP contribution in [0.1, 0.15) is 24.1 Å². The highest BCUT2D eigenvalue weighted by Gasteiger charge is 2.12. The molecule has 2 rings (SSSR count). The lowest BCUT2D eigenvalue weighted by molar-refractivity contribution is -0.136. The van der Waals surface area contributed by atoms with Crippen LogP contribution in [0.25, 0.3) is 0 Å². The molecule has 7 heteroatoms. The van der Waals surface area contributed by atoms with E-state index in [0.29, 0.717) is 11.3 Å². The molecule has 0 aliphatic heterocycles. The van der Waals surface area contributed by atoms with Crippen LogP contribution in [-0.4, -0.2) is 27.3 Å². The van der Waals surface area contributed by atoms with E-state index in [2.05, 4.69) is 20.8 Å². The Morgan fingerprint density at radius 2 is 2.14 bits per heavy atom. The molecular formula is C14H16N4O3. The molecule has 2 amide bonds. The van der Waals surface area contributed by atoms with Crippen LogP contribution in [0.3, 0.4) is 0 Å². The van der Waals surface area contributed by atoms with E-state index in [-0.39, 0.29) is 12.5 Å². The van der Waals surface area contributed by atoms with Crippen molar-refractivity contribution in [2.24, 2.45) is 0 Å². The second-order valence-corrected chi connectivity index (χ2v) is 4.58. The summed E-state index contributed by atoms with van der Waals surface area (Å²) in [5.41, 5.74) is 1.89. The quantitative estimate of drug-likeness (QED) is 0.674. The second kappa shape index (κ2) is 6.56. The minimum atomic E-state index is -0.948. The van der Waals surface area contributed by atoms with Crippen molar-refractivity contribution < 1.29 is 14.7 Å². The van der Waals surface area contributed by atoms with E-state index in [1.54, 1.807) is 36.7 Å². The predicted molar refractivity (Wildman–Crippen MR) is 76.9 cm³/mol. The van der Waals surface area contributed by atoms with Gasteiger partial charge in [-0.3, -0.25) is 9.89 Å². The zero-order valence-corrected chi connectivity index (χ0v) is 11.5. The molecular weight excluding hydrogens is 272 g/mol. The Labute approximate surface area is 121 Å². The third-order valence-electron chi connectivity index (χ3n) is 2.97. The fraction of sp³-hybridized carbons (Fsp3) is 0.214. The first kappa shape index (κ1) is 14.6. The van der Waals surface area contributed by atoms with Gasteiger partial charge in [0.25, 0.3) is 0 Å². The number of carboxylic acid groups (broad SMARTS) is 1. The molecule has 110 valence electrons. The van der Waals surface area contributed by atoms with Crippen molar-refractivity contribution in [3.05, 3.63) is 47.8 Å². The first-order valence-electron chi connectivity index (χ1n) is 6.42. The average molecular weight is 288 g/mol. The van der Waals surface area contributed by atoms with Crippen molar-refractivity contribution in [1.82, 2.24) is 15.5 Å². The molecule has 0 saturated heterocycles. The molecule has 1 heterocycles. The molecule has 0 bridgehead atoms. The minimum absolute atomic E-state index is 0.145. The average Bonchev–Trinajstić information content (AvgIpc) is 2.94. The molecule has 7 nitrogen and oxygen atoms in total. The largest absolute Gasteiger partial charge is 0.481 e. The Kier molecular flexibility index (Phi) is 4.55. The number of urea groups is 1. The number of aliphatic carboxylic acids is 1. The summed E-state index contributed by atoms with van der Waals surface area (Å²) in [6.07, 6.45) is 3.18. The monoisotopic (exact) mass is 288 g/mol.